The molecule has 0 radical (unpaired) electrons. The first-order valence-electron chi connectivity index (χ1n) is 7.28. The van der Waals surface area contributed by atoms with Crippen LogP contribution < -0.4 is 5.32 Å². The van der Waals surface area contributed by atoms with E-state index in [9.17, 15) is 4.79 Å². The molecule has 0 bridgehead atoms. The lowest BCUT2D eigenvalue weighted by Gasteiger charge is -2.32. The van der Waals surface area contributed by atoms with Gasteiger partial charge in [-0.05, 0) is 31.1 Å². The summed E-state index contributed by atoms with van der Waals surface area (Å²) in [7, 11) is 0. The molecule has 0 aliphatic heterocycles. The molecular formula is C15H28ClNO. The van der Waals surface area contributed by atoms with Crippen LogP contribution in [0.2, 0.25) is 0 Å². The van der Waals surface area contributed by atoms with Gasteiger partial charge in [-0.15, -0.1) is 11.6 Å². The Labute approximate surface area is 117 Å². The smallest absolute Gasteiger partial charge is 0.226 e. The van der Waals surface area contributed by atoms with E-state index in [0.717, 1.165) is 19.3 Å². The number of carbonyl (C=O) groups is 1. The van der Waals surface area contributed by atoms with E-state index in [2.05, 4.69) is 33.0 Å². The van der Waals surface area contributed by atoms with Crippen molar-refractivity contribution in [2.24, 2.45) is 17.3 Å². The summed E-state index contributed by atoms with van der Waals surface area (Å²) in [5, 5.41) is 3.18. The second-order valence-electron chi connectivity index (χ2n) is 6.56. The van der Waals surface area contributed by atoms with Gasteiger partial charge in [-0.3, -0.25) is 4.79 Å². The van der Waals surface area contributed by atoms with Crippen LogP contribution in [0.3, 0.4) is 0 Å². The SMILES string of the molecule is CC(C)CC1(C(=O)NC(CCl)C(C)C)CCCC1. The summed E-state index contributed by atoms with van der Waals surface area (Å²) in [5.41, 5.74) is -0.118. The van der Waals surface area contributed by atoms with Crippen molar-refractivity contribution < 1.29 is 4.79 Å². The highest BCUT2D eigenvalue weighted by molar-refractivity contribution is 6.18. The fourth-order valence-electron chi connectivity index (χ4n) is 3.06. The Morgan fingerprint density at radius 1 is 1.22 bits per heavy atom. The third-order valence-electron chi connectivity index (χ3n) is 4.13. The van der Waals surface area contributed by atoms with Crippen LogP contribution >= 0.6 is 11.6 Å². The second kappa shape index (κ2) is 6.79. The number of hydrogen-bond donors (Lipinski definition) is 1. The summed E-state index contributed by atoms with van der Waals surface area (Å²) in [6, 6.07) is 0.101. The first-order valence-corrected chi connectivity index (χ1v) is 7.81. The van der Waals surface area contributed by atoms with E-state index in [-0.39, 0.29) is 17.4 Å². The molecule has 1 aliphatic rings. The molecule has 0 aromatic carbocycles. The van der Waals surface area contributed by atoms with E-state index in [1.165, 1.54) is 12.8 Å². The third-order valence-corrected chi connectivity index (χ3v) is 4.46. The number of hydrogen-bond acceptors (Lipinski definition) is 1. The van der Waals surface area contributed by atoms with Gasteiger partial charge in [0.25, 0.3) is 0 Å². The Hall–Kier alpha value is -0.240. The van der Waals surface area contributed by atoms with Crippen molar-refractivity contribution in [2.75, 3.05) is 5.88 Å². The van der Waals surface area contributed by atoms with Gasteiger partial charge < -0.3 is 5.32 Å². The van der Waals surface area contributed by atoms with Crippen LogP contribution in [-0.4, -0.2) is 17.8 Å². The van der Waals surface area contributed by atoms with Crippen molar-refractivity contribution in [2.45, 2.75) is 65.8 Å². The molecule has 18 heavy (non-hydrogen) atoms. The molecule has 3 heteroatoms. The molecule has 0 aromatic heterocycles. The van der Waals surface area contributed by atoms with Crippen molar-refractivity contribution >= 4 is 17.5 Å². The minimum absolute atomic E-state index is 0.101. The lowest BCUT2D eigenvalue weighted by molar-refractivity contribution is -0.132. The maximum Gasteiger partial charge on any atom is 0.226 e. The van der Waals surface area contributed by atoms with Crippen LogP contribution in [0.25, 0.3) is 0 Å². The van der Waals surface area contributed by atoms with Crippen molar-refractivity contribution in [3.63, 3.8) is 0 Å². The maximum absolute atomic E-state index is 12.6. The molecule has 2 nitrogen and oxygen atoms in total. The van der Waals surface area contributed by atoms with E-state index in [0.29, 0.717) is 17.7 Å². The summed E-state index contributed by atoms with van der Waals surface area (Å²) in [6.45, 7) is 8.62. The summed E-state index contributed by atoms with van der Waals surface area (Å²) in [5.74, 6) is 1.71. The fourth-order valence-corrected chi connectivity index (χ4v) is 3.50. The van der Waals surface area contributed by atoms with Crippen LogP contribution in [0.1, 0.15) is 59.8 Å². The largest absolute Gasteiger partial charge is 0.351 e. The number of halogens is 1. The number of carbonyl (C=O) groups excluding carboxylic acids is 1. The Balaban J connectivity index is 2.71. The Kier molecular flexibility index (Phi) is 5.97. The molecule has 1 rings (SSSR count). The number of nitrogens with one attached hydrogen (secondary N) is 1. The zero-order valence-corrected chi connectivity index (χ0v) is 13.0. The average molecular weight is 274 g/mol. The molecule has 0 saturated heterocycles. The van der Waals surface area contributed by atoms with E-state index in [1.807, 2.05) is 0 Å². The van der Waals surface area contributed by atoms with E-state index in [1.54, 1.807) is 0 Å². The highest BCUT2D eigenvalue weighted by Crippen LogP contribution is 2.43. The maximum atomic E-state index is 12.6. The van der Waals surface area contributed by atoms with Gasteiger partial charge in [-0.25, -0.2) is 0 Å². The Bertz CT molecular complexity index is 270. The molecule has 1 aliphatic carbocycles. The minimum atomic E-state index is -0.118. The van der Waals surface area contributed by atoms with Crippen LogP contribution in [0, 0.1) is 17.3 Å². The number of amides is 1. The monoisotopic (exact) mass is 273 g/mol. The molecule has 1 fully saturated rings. The topological polar surface area (TPSA) is 29.1 Å². The first kappa shape index (κ1) is 15.8. The molecule has 1 amide bonds. The Morgan fingerprint density at radius 3 is 2.17 bits per heavy atom. The van der Waals surface area contributed by atoms with Gasteiger partial charge in [-0.2, -0.15) is 0 Å². The normalized spacial score (nSPS) is 20.4. The van der Waals surface area contributed by atoms with E-state index < -0.39 is 0 Å². The molecule has 1 N–H and O–H groups in total. The van der Waals surface area contributed by atoms with Crippen molar-refractivity contribution in [3.8, 4) is 0 Å². The average Bonchev–Trinajstić information content (AvgIpc) is 2.73. The van der Waals surface area contributed by atoms with Crippen molar-refractivity contribution in [1.82, 2.24) is 5.32 Å². The molecule has 1 atom stereocenters. The molecule has 0 heterocycles. The molecule has 0 aromatic rings. The van der Waals surface area contributed by atoms with Crippen molar-refractivity contribution in [1.29, 1.82) is 0 Å². The minimum Gasteiger partial charge on any atom is -0.351 e. The summed E-state index contributed by atoms with van der Waals surface area (Å²) >= 11 is 5.95. The van der Waals surface area contributed by atoms with Gasteiger partial charge in [0.15, 0.2) is 0 Å². The Morgan fingerprint density at radius 2 is 1.78 bits per heavy atom. The molecule has 106 valence electrons. The fraction of sp³-hybridized carbons (Fsp3) is 0.933. The third kappa shape index (κ3) is 3.88. The van der Waals surface area contributed by atoms with E-state index in [4.69, 9.17) is 11.6 Å². The number of rotatable bonds is 6. The summed E-state index contributed by atoms with van der Waals surface area (Å²) < 4.78 is 0. The van der Waals surface area contributed by atoms with Gasteiger partial charge in [0.05, 0.1) is 0 Å². The number of alkyl halides is 1. The molecule has 0 spiro atoms. The second-order valence-corrected chi connectivity index (χ2v) is 6.87. The highest BCUT2D eigenvalue weighted by atomic mass is 35.5. The predicted molar refractivity (Wildman–Crippen MR) is 77.8 cm³/mol. The van der Waals surface area contributed by atoms with Gasteiger partial charge in [0.2, 0.25) is 5.91 Å². The van der Waals surface area contributed by atoms with Crippen molar-refractivity contribution in [3.05, 3.63) is 0 Å². The van der Waals surface area contributed by atoms with Crippen LogP contribution in [0.15, 0.2) is 0 Å². The molecular weight excluding hydrogens is 246 g/mol. The van der Waals surface area contributed by atoms with Gasteiger partial charge in [0, 0.05) is 17.3 Å². The highest BCUT2D eigenvalue weighted by Gasteiger charge is 2.41. The summed E-state index contributed by atoms with van der Waals surface area (Å²) in [6.07, 6.45) is 5.47. The zero-order valence-electron chi connectivity index (χ0n) is 12.3. The van der Waals surface area contributed by atoms with E-state index >= 15 is 0 Å². The van der Waals surface area contributed by atoms with Crippen LogP contribution in [-0.2, 0) is 4.79 Å². The summed E-state index contributed by atoms with van der Waals surface area (Å²) in [4.78, 5) is 12.6. The first-order chi connectivity index (χ1) is 8.41. The quantitative estimate of drug-likeness (QED) is 0.729. The lowest BCUT2D eigenvalue weighted by Crippen LogP contribution is -2.47. The predicted octanol–water partition coefficient (Wildman–Crippen LogP) is 3.97. The van der Waals surface area contributed by atoms with Gasteiger partial charge in [-0.1, -0.05) is 40.5 Å². The van der Waals surface area contributed by atoms with Gasteiger partial charge >= 0.3 is 0 Å². The van der Waals surface area contributed by atoms with Gasteiger partial charge in [0.1, 0.15) is 0 Å². The van der Waals surface area contributed by atoms with Crippen LogP contribution in [0.4, 0.5) is 0 Å². The van der Waals surface area contributed by atoms with Crippen LogP contribution in [0.5, 0.6) is 0 Å². The zero-order chi connectivity index (χ0) is 13.8. The lowest BCUT2D eigenvalue weighted by atomic mass is 9.77. The molecule has 1 saturated carbocycles. The molecule has 1 unspecified atom stereocenters. The standard InChI is InChI=1S/C15H28ClNO/c1-11(2)9-15(7-5-6-8-15)14(18)17-13(10-16)12(3)4/h11-13H,5-10H2,1-4H3,(H,17,18).